The topological polar surface area (TPSA) is 32.3 Å². The summed E-state index contributed by atoms with van der Waals surface area (Å²) in [5.41, 5.74) is 1.05. The summed E-state index contributed by atoms with van der Waals surface area (Å²) in [4.78, 5) is 14.4. The van der Waals surface area contributed by atoms with Gasteiger partial charge in [-0.15, -0.1) is 0 Å². The van der Waals surface area contributed by atoms with Gasteiger partial charge in [-0.2, -0.15) is 0 Å². The number of nitrogens with one attached hydrogen (secondary N) is 1. The maximum Gasteiger partial charge on any atom is 0.224 e. The molecule has 1 aromatic rings. The third-order valence-corrected chi connectivity index (χ3v) is 4.46. The Morgan fingerprint density at radius 2 is 2.33 bits per heavy atom. The minimum Gasteiger partial charge on any atom is -0.356 e. The van der Waals surface area contributed by atoms with Crippen LogP contribution in [0.3, 0.4) is 0 Å². The molecule has 1 aliphatic rings. The van der Waals surface area contributed by atoms with E-state index >= 15 is 0 Å². The van der Waals surface area contributed by atoms with Crippen molar-refractivity contribution in [2.24, 2.45) is 5.92 Å². The third-order valence-electron chi connectivity index (χ3n) is 3.97. The van der Waals surface area contributed by atoms with Crippen LogP contribution < -0.4 is 5.32 Å². The predicted molar refractivity (Wildman–Crippen MR) is 90.3 cm³/mol. The second-order valence-corrected chi connectivity index (χ2v) is 6.97. The van der Waals surface area contributed by atoms with E-state index in [-0.39, 0.29) is 5.91 Å². The molecule has 4 heteroatoms. The van der Waals surface area contributed by atoms with Crippen LogP contribution in [0, 0.1) is 5.92 Å². The lowest BCUT2D eigenvalue weighted by molar-refractivity contribution is -0.120. The Bertz CT molecular complexity index is 464. The molecule has 1 atom stereocenters. The van der Waals surface area contributed by atoms with Gasteiger partial charge in [0.15, 0.2) is 0 Å². The first-order valence-corrected chi connectivity index (χ1v) is 8.66. The standard InChI is InChI=1S/C17H25BrN2O/c1-14-5-3-9-20(13-14)10-4-8-19-17(21)12-15-6-2-7-16(18)11-15/h2,6-7,11,14H,3-5,8-10,12-13H2,1H3,(H,19,21). The second kappa shape index (κ2) is 8.54. The number of carbonyl (C=O) groups excluding carboxylic acids is 1. The molecule has 1 N–H and O–H groups in total. The van der Waals surface area contributed by atoms with E-state index in [2.05, 4.69) is 33.1 Å². The quantitative estimate of drug-likeness (QED) is 0.797. The fraction of sp³-hybridized carbons (Fsp3) is 0.588. The van der Waals surface area contributed by atoms with Crippen molar-refractivity contribution < 1.29 is 4.79 Å². The number of likely N-dealkylation sites (tertiary alicyclic amines) is 1. The summed E-state index contributed by atoms with van der Waals surface area (Å²) < 4.78 is 1.02. The number of amides is 1. The number of piperidine rings is 1. The molecular weight excluding hydrogens is 328 g/mol. The van der Waals surface area contributed by atoms with Crippen molar-refractivity contribution in [3.05, 3.63) is 34.3 Å². The van der Waals surface area contributed by atoms with E-state index in [4.69, 9.17) is 0 Å². The molecule has 1 aromatic carbocycles. The van der Waals surface area contributed by atoms with Crippen LogP contribution >= 0.6 is 15.9 Å². The highest BCUT2D eigenvalue weighted by Gasteiger charge is 2.15. The Morgan fingerprint density at radius 3 is 3.10 bits per heavy atom. The molecule has 1 amide bonds. The van der Waals surface area contributed by atoms with Crippen molar-refractivity contribution in [1.82, 2.24) is 10.2 Å². The molecular formula is C17H25BrN2O. The molecule has 0 aromatic heterocycles. The number of hydrogen-bond donors (Lipinski definition) is 1. The van der Waals surface area contributed by atoms with Crippen molar-refractivity contribution in [3.63, 3.8) is 0 Å². The zero-order valence-electron chi connectivity index (χ0n) is 12.8. The SMILES string of the molecule is CC1CCCN(CCCNC(=O)Cc2cccc(Br)c2)C1. The summed E-state index contributed by atoms with van der Waals surface area (Å²) in [6.07, 6.45) is 4.17. The van der Waals surface area contributed by atoms with Crippen molar-refractivity contribution in [1.29, 1.82) is 0 Å². The smallest absolute Gasteiger partial charge is 0.224 e. The van der Waals surface area contributed by atoms with E-state index in [1.807, 2.05) is 24.3 Å². The second-order valence-electron chi connectivity index (χ2n) is 6.06. The number of carbonyl (C=O) groups is 1. The molecule has 1 saturated heterocycles. The molecule has 21 heavy (non-hydrogen) atoms. The van der Waals surface area contributed by atoms with Gasteiger partial charge in [0, 0.05) is 17.6 Å². The highest BCUT2D eigenvalue weighted by atomic mass is 79.9. The summed E-state index contributed by atoms with van der Waals surface area (Å²) in [5, 5.41) is 3.02. The normalized spacial score (nSPS) is 19.4. The van der Waals surface area contributed by atoms with Crippen molar-refractivity contribution in [2.45, 2.75) is 32.6 Å². The van der Waals surface area contributed by atoms with E-state index < -0.39 is 0 Å². The molecule has 0 aliphatic carbocycles. The first kappa shape index (κ1) is 16.5. The van der Waals surface area contributed by atoms with Gasteiger partial charge in [0.05, 0.1) is 6.42 Å². The van der Waals surface area contributed by atoms with Gasteiger partial charge >= 0.3 is 0 Å². The molecule has 1 heterocycles. The molecule has 0 bridgehead atoms. The summed E-state index contributed by atoms with van der Waals surface area (Å²) in [6, 6.07) is 7.92. The van der Waals surface area contributed by atoms with E-state index in [0.717, 1.165) is 35.5 Å². The third kappa shape index (κ3) is 6.18. The van der Waals surface area contributed by atoms with Gasteiger partial charge < -0.3 is 10.2 Å². The molecule has 3 nitrogen and oxygen atoms in total. The summed E-state index contributed by atoms with van der Waals surface area (Å²) in [5.74, 6) is 0.935. The highest BCUT2D eigenvalue weighted by Crippen LogP contribution is 2.15. The van der Waals surface area contributed by atoms with Crippen LogP contribution in [0.5, 0.6) is 0 Å². The number of rotatable bonds is 6. The molecule has 1 fully saturated rings. The number of halogens is 1. The largest absolute Gasteiger partial charge is 0.356 e. The summed E-state index contributed by atoms with van der Waals surface area (Å²) in [7, 11) is 0. The first-order chi connectivity index (χ1) is 10.1. The van der Waals surface area contributed by atoms with Crippen LogP contribution in [0.1, 0.15) is 31.7 Å². The Hall–Kier alpha value is -0.870. The molecule has 0 spiro atoms. The zero-order chi connectivity index (χ0) is 15.1. The van der Waals surface area contributed by atoms with Crippen LogP contribution in [0.4, 0.5) is 0 Å². The van der Waals surface area contributed by atoms with E-state index in [1.165, 1.54) is 25.9 Å². The average Bonchev–Trinajstić information content (AvgIpc) is 2.44. The van der Waals surface area contributed by atoms with Gasteiger partial charge in [0.25, 0.3) is 0 Å². The van der Waals surface area contributed by atoms with Gasteiger partial charge in [0.2, 0.25) is 5.91 Å². The van der Waals surface area contributed by atoms with Crippen molar-refractivity contribution in [2.75, 3.05) is 26.2 Å². The van der Waals surface area contributed by atoms with E-state index in [9.17, 15) is 4.79 Å². The lowest BCUT2D eigenvalue weighted by Crippen LogP contribution is -2.36. The predicted octanol–water partition coefficient (Wildman–Crippen LogP) is 3.23. The number of hydrogen-bond acceptors (Lipinski definition) is 2. The Labute approximate surface area is 136 Å². The highest BCUT2D eigenvalue weighted by molar-refractivity contribution is 9.10. The number of nitrogens with zero attached hydrogens (tertiary/aromatic N) is 1. The zero-order valence-corrected chi connectivity index (χ0v) is 14.4. The van der Waals surface area contributed by atoms with Crippen LogP contribution in [0.2, 0.25) is 0 Å². The lowest BCUT2D eigenvalue weighted by Gasteiger charge is -2.30. The van der Waals surface area contributed by atoms with Gasteiger partial charge in [-0.25, -0.2) is 0 Å². The van der Waals surface area contributed by atoms with Gasteiger partial charge in [0.1, 0.15) is 0 Å². The fourth-order valence-corrected chi connectivity index (χ4v) is 3.36. The minimum absolute atomic E-state index is 0.111. The van der Waals surface area contributed by atoms with Crippen LogP contribution in [-0.4, -0.2) is 37.0 Å². The van der Waals surface area contributed by atoms with E-state index in [0.29, 0.717) is 6.42 Å². The summed E-state index contributed by atoms with van der Waals surface area (Å²) in [6.45, 7) is 6.63. The first-order valence-electron chi connectivity index (χ1n) is 7.87. The number of benzene rings is 1. The van der Waals surface area contributed by atoms with Crippen molar-refractivity contribution >= 4 is 21.8 Å². The minimum atomic E-state index is 0.111. The Balaban J connectivity index is 1.61. The van der Waals surface area contributed by atoms with Gasteiger partial charge in [-0.1, -0.05) is 35.0 Å². The van der Waals surface area contributed by atoms with Crippen molar-refractivity contribution in [3.8, 4) is 0 Å². The Morgan fingerprint density at radius 1 is 1.48 bits per heavy atom. The average molecular weight is 353 g/mol. The lowest BCUT2D eigenvalue weighted by atomic mass is 10.0. The van der Waals surface area contributed by atoms with Gasteiger partial charge in [-0.05, 0) is 56.0 Å². The maximum absolute atomic E-state index is 11.9. The molecule has 1 unspecified atom stereocenters. The van der Waals surface area contributed by atoms with E-state index in [1.54, 1.807) is 0 Å². The monoisotopic (exact) mass is 352 g/mol. The molecule has 116 valence electrons. The van der Waals surface area contributed by atoms with Crippen LogP contribution in [0.25, 0.3) is 0 Å². The molecule has 1 aliphatic heterocycles. The summed E-state index contributed by atoms with van der Waals surface area (Å²) >= 11 is 3.43. The van der Waals surface area contributed by atoms with Crippen LogP contribution in [-0.2, 0) is 11.2 Å². The maximum atomic E-state index is 11.9. The fourth-order valence-electron chi connectivity index (χ4n) is 2.92. The molecule has 0 radical (unpaired) electrons. The Kier molecular flexibility index (Phi) is 6.71. The molecule has 0 saturated carbocycles. The molecule has 2 rings (SSSR count). The van der Waals surface area contributed by atoms with Crippen LogP contribution in [0.15, 0.2) is 28.7 Å². The van der Waals surface area contributed by atoms with Gasteiger partial charge in [-0.3, -0.25) is 4.79 Å².